The predicted octanol–water partition coefficient (Wildman–Crippen LogP) is 1.81. The molecular weight excluding hydrogens is 272 g/mol. The highest BCUT2D eigenvalue weighted by molar-refractivity contribution is 5.69. The number of nitrogens with zero attached hydrogens (tertiary/aromatic N) is 4. The second-order valence-corrected chi connectivity index (χ2v) is 5.66. The Balaban J connectivity index is 3.04. The smallest absolute Gasteiger partial charge is 0.353 e. The third-order valence-corrected chi connectivity index (χ3v) is 2.92. The molecule has 0 aromatic carbocycles. The first kappa shape index (κ1) is 17.1. The third-order valence-electron chi connectivity index (χ3n) is 2.92. The maximum absolute atomic E-state index is 11.3. The van der Waals surface area contributed by atoms with Crippen molar-refractivity contribution in [3.63, 3.8) is 0 Å². The summed E-state index contributed by atoms with van der Waals surface area (Å²) >= 11 is 0. The first-order valence-electron chi connectivity index (χ1n) is 6.93. The van der Waals surface area contributed by atoms with E-state index in [9.17, 15) is 10.1 Å². The van der Waals surface area contributed by atoms with E-state index in [-0.39, 0.29) is 23.4 Å². The topological polar surface area (TPSA) is 96.2 Å². The van der Waals surface area contributed by atoms with Crippen LogP contribution in [0.25, 0.3) is 0 Å². The first-order chi connectivity index (χ1) is 9.85. The number of rotatable bonds is 8. The molecule has 0 aliphatic heterocycles. The van der Waals surface area contributed by atoms with Crippen LogP contribution in [0, 0.1) is 16.0 Å². The van der Waals surface area contributed by atoms with Crippen LogP contribution in [0.4, 0.5) is 17.3 Å². The highest BCUT2D eigenvalue weighted by Gasteiger charge is 2.24. The van der Waals surface area contributed by atoms with Gasteiger partial charge in [0.15, 0.2) is 0 Å². The summed E-state index contributed by atoms with van der Waals surface area (Å²) in [6.07, 6.45) is 2.22. The fourth-order valence-corrected chi connectivity index (χ4v) is 2.22. The average Bonchev–Trinajstić information content (AvgIpc) is 2.36. The minimum atomic E-state index is -0.462. The van der Waals surface area contributed by atoms with Gasteiger partial charge in [-0.25, -0.2) is 9.97 Å². The summed E-state index contributed by atoms with van der Waals surface area (Å²) in [4.78, 5) is 20.8. The van der Waals surface area contributed by atoms with Crippen molar-refractivity contribution in [3.8, 4) is 0 Å². The van der Waals surface area contributed by atoms with Crippen molar-refractivity contribution in [2.24, 2.45) is 5.92 Å². The fraction of sp³-hybridized carbons (Fsp3) is 0.692. The van der Waals surface area contributed by atoms with Gasteiger partial charge in [0.05, 0.1) is 4.92 Å². The number of nitrogens with one attached hydrogen (secondary N) is 2. The number of anilines is 2. The van der Waals surface area contributed by atoms with Gasteiger partial charge in [0, 0.05) is 19.6 Å². The number of nitro groups is 1. The average molecular weight is 296 g/mol. The van der Waals surface area contributed by atoms with Crippen molar-refractivity contribution in [2.45, 2.75) is 26.3 Å². The van der Waals surface area contributed by atoms with E-state index in [4.69, 9.17) is 0 Å². The Morgan fingerprint density at radius 2 is 1.95 bits per heavy atom. The van der Waals surface area contributed by atoms with Crippen molar-refractivity contribution in [1.82, 2.24) is 14.9 Å². The SMILES string of the molecule is CNc1ncnc(NC(CC(C)C)CN(C)C)c1[N+](=O)[O-]. The zero-order chi connectivity index (χ0) is 16.0. The van der Waals surface area contributed by atoms with Crippen molar-refractivity contribution < 1.29 is 4.92 Å². The minimum Gasteiger partial charge on any atom is -0.367 e. The lowest BCUT2D eigenvalue weighted by Crippen LogP contribution is -2.34. The van der Waals surface area contributed by atoms with Crippen molar-refractivity contribution in [2.75, 3.05) is 38.3 Å². The fourth-order valence-electron chi connectivity index (χ4n) is 2.22. The third kappa shape index (κ3) is 5.14. The molecular formula is C13H24N6O2. The van der Waals surface area contributed by atoms with Gasteiger partial charge in [-0.15, -0.1) is 0 Å². The summed E-state index contributed by atoms with van der Waals surface area (Å²) in [5.74, 6) is 0.949. The number of aromatic nitrogens is 2. The van der Waals surface area contributed by atoms with Gasteiger partial charge in [-0.2, -0.15) is 0 Å². The number of hydrogen-bond donors (Lipinski definition) is 2. The molecule has 0 amide bonds. The lowest BCUT2D eigenvalue weighted by Gasteiger charge is -2.24. The molecule has 1 heterocycles. The summed E-state index contributed by atoms with van der Waals surface area (Å²) < 4.78 is 0. The monoisotopic (exact) mass is 296 g/mol. The lowest BCUT2D eigenvalue weighted by atomic mass is 10.0. The molecule has 0 saturated carbocycles. The van der Waals surface area contributed by atoms with Crippen molar-refractivity contribution in [1.29, 1.82) is 0 Å². The Hall–Kier alpha value is -1.96. The Bertz CT molecular complexity index is 468. The largest absolute Gasteiger partial charge is 0.367 e. The van der Waals surface area contributed by atoms with E-state index in [1.54, 1.807) is 7.05 Å². The van der Waals surface area contributed by atoms with Crippen LogP contribution in [0.5, 0.6) is 0 Å². The van der Waals surface area contributed by atoms with E-state index in [0.717, 1.165) is 13.0 Å². The quantitative estimate of drug-likeness (QED) is 0.558. The maximum atomic E-state index is 11.3. The zero-order valence-electron chi connectivity index (χ0n) is 13.3. The van der Waals surface area contributed by atoms with Crippen LogP contribution >= 0.6 is 0 Å². The van der Waals surface area contributed by atoms with Crippen LogP contribution in [-0.4, -0.2) is 53.5 Å². The molecule has 8 heteroatoms. The van der Waals surface area contributed by atoms with Gasteiger partial charge in [0.25, 0.3) is 0 Å². The van der Waals surface area contributed by atoms with Crippen LogP contribution in [0.2, 0.25) is 0 Å². The van der Waals surface area contributed by atoms with Gasteiger partial charge in [0.1, 0.15) is 6.33 Å². The summed E-state index contributed by atoms with van der Waals surface area (Å²) in [6.45, 7) is 5.02. The highest BCUT2D eigenvalue weighted by Crippen LogP contribution is 2.29. The summed E-state index contributed by atoms with van der Waals surface area (Å²) in [5.41, 5.74) is -0.118. The minimum absolute atomic E-state index is 0.0818. The summed E-state index contributed by atoms with van der Waals surface area (Å²) in [6, 6.07) is 0.0818. The molecule has 1 unspecified atom stereocenters. The van der Waals surface area contributed by atoms with Crippen molar-refractivity contribution in [3.05, 3.63) is 16.4 Å². The molecule has 2 N–H and O–H groups in total. The van der Waals surface area contributed by atoms with E-state index < -0.39 is 4.92 Å². The van der Waals surface area contributed by atoms with Crippen LogP contribution < -0.4 is 10.6 Å². The van der Waals surface area contributed by atoms with Crippen molar-refractivity contribution >= 4 is 17.3 Å². The lowest BCUT2D eigenvalue weighted by molar-refractivity contribution is -0.383. The zero-order valence-corrected chi connectivity index (χ0v) is 13.3. The molecule has 0 fully saturated rings. The van der Waals surface area contributed by atoms with Crippen LogP contribution in [0.15, 0.2) is 6.33 Å². The normalized spacial score (nSPS) is 12.5. The second-order valence-electron chi connectivity index (χ2n) is 5.66. The Morgan fingerprint density at radius 3 is 2.43 bits per heavy atom. The van der Waals surface area contributed by atoms with E-state index in [1.165, 1.54) is 6.33 Å². The molecule has 0 aliphatic carbocycles. The summed E-state index contributed by atoms with van der Waals surface area (Å²) in [7, 11) is 5.55. The Morgan fingerprint density at radius 1 is 1.33 bits per heavy atom. The predicted molar refractivity (Wildman–Crippen MR) is 83.7 cm³/mol. The number of likely N-dealkylation sites (N-methyl/N-ethyl adjacent to an activating group) is 1. The number of hydrogen-bond acceptors (Lipinski definition) is 7. The van der Waals surface area contributed by atoms with E-state index in [0.29, 0.717) is 5.92 Å². The molecule has 1 aromatic heterocycles. The molecule has 0 saturated heterocycles. The molecule has 8 nitrogen and oxygen atoms in total. The molecule has 118 valence electrons. The van der Waals surface area contributed by atoms with Gasteiger partial charge in [-0.3, -0.25) is 10.1 Å². The Kier molecular flexibility index (Phi) is 6.29. The Labute approximate surface area is 125 Å². The van der Waals surface area contributed by atoms with Gasteiger partial charge in [0.2, 0.25) is 11.6 Å². The summed E-state index contributed by atoms with van der Waals surface area (Å²) in [5, 5.41) is 17.2. The van der Waals surface area contributed by atoms with E-state index >= 15 is 0 Å². The molecule has 1 rings (SSSR count). The van der Waals surface area contributed by atoms with Gasteiger partial charge < -0.3 is 15.5 Å². The maximum Gasteiger partial charge on any atom is 0.353 e. The highest BCUT2D eigenvalue weighted by atomic mass is 16.6. The van der Waals surface area contributed by atoms with E-state index in [2.05, 4.69) is 34.4 Å². The second kappa shape index (κ2) is 7.72. The molecule has 0 spiro atoms. The first-order valence-corrected chi connectivity index (χ1v) is 6.93. The van der Waals surface area contributed by atoms with Crippen LogP contribution in [0.3, 0.4) is 0 Å². The molecule has 1 aromatic rings. The molecule has 1 atom stereocenters. The molecule has 0 radical (unpaired) electrons. The standard InChI is InChI=1S/C13H24N6O2/c1-9(2)6-10(7-18(4)5)17-13-11(19(20)21)12(14-3)15-8-16-13/h8-10H,6-7H2,1-5H3,(H2,14,15,16,17). The van der Waals surface area contributed by atoms with Gasteiger partial charge >= 0.3 is 5.69 Å². The van der Waals surface area contributed by atoms with Crippen LogP contribution in [0.1, 0.15) is 20.3 Å². The molecule has 0 bridgehead atoms. The molecule has 21 heavy (non-hydrogen) atoms. The van der Waals surface area contributed by atoms with Gasteiger partial charge in [-0.05, 0) is 26.4 Å². The van der Waals surface area contributed by atoms with Gasteiger partial charge in [-0.1, -0.05) is 13.8 Å². The molecule has 0 aliphatic rings. The van der Waals surface area contributed by atoms with E-state index in [1.807, 2.05) is 19.0 Å². The van der Waals surface area contributed by atoms with Crippen LogP contribution in [-0.2, 0) is 0 Å².